The van der Waals surface area contributed by atoms with Crippen molar-refractivity contribution in [3.05, 3.63) is 22.4 Å². The number of rotatable bonds is 7. The maximum atomic E-state index is 12.5. The number of hydrogen-bond acceptors (Lipinski definition) is 5. The summed E-state index contributed by atoms with van der Waals surface area (Å²) in [6.45, 7) is 4.70. The second kappa shape index (κ2) is 10.2. The van der Waals surface area contributed by atoms with Crippen molar-refractivity contribution in [3.8, 4) is 0 Å². The molecule has 0 aromatic carbocycles. The lowest BCUT2D eigenvalue weighted by molar-refractivity contribution is -0.132. The minimum Gasteiger partial charge on any atom is -0.383 e. The van der Waals surface area contributed by atoms with E-state index in [1.54, 1.807) is 18.4 Å². The Morgan fingerprint density at radius 2 is 2.07 bits per heavy atom. The average molecular weight is 394 g/mol. The van der Waals surface area contributed by atoms with E-state index in [0.29, 0.717) is 25.6 Å². The van der Waals surface area contributed by atoms with E-state index in [1.165, 1.54) is 0 Å². The van der Waals surface area contributed by atoms with Gasteiger partial charge in [-0.3, -0.25) is 14.5 Å². The molecule has 0 unspecified atom stereocenters. The van der Waals surface area contributed by atoms with Crippen LogP contribution >= 0.6 is 11.3 Å². The Balaban J connectivity index is 1.43. The molecule has 3 rings (SSSR count). The van der Waals surface area contributed by atoms with Crippen LogP contribution in [0.15, 0.2) is 16.8 Å². The molecule has 2 fully saturated rings. The number of piperidine rings is 2. The number of nitrogens with one attached hydrogen (secondary N) is 1. The van der Waals surface area contributed by atoms with Gasteiger partial charge in [-0.05, 0) is 54.6 Å². The van der Waals surface area contributed by atoms with Crippen LogP contribution in [0.3, 0.4) is 0 Å². The molecule has 2 amide bonds. The Hall–Kier alpha value is -1.44. The van der Waals surface area contributed by atoms with E-state index in [0.717, 1.165) is 57.4 Å². The molecule has 1 aromatic heterocycles. The van der Waals surface area contributed by atoms with Crippen molar-refractivity contribution in [1.82, 2.24) is 15.1 Å². The number of nitrogens with zero attached hydrogens (tertiary/aromatic N) is 2. The highest BCUT2D eigenvalue weighted by Crippen LogP contribution is 2.24. The quantitative estimate of drug-likeness (QED) is 0.717. The Morgan fingerprint density at radius 1 is 1.26 bits per heavy atom. The van der Waals surface area contributed by atoms with Crippen LogP contribution in [0.2, 0.25) is 0 Å². The first-order valence-electron chi connectivity index (χ1n) is 9.97. The van der Waals surface area contributed by atoms with Crippen molar-refractivity contribution in [2.24, 2.45) is 5.92 Å². The van der Waals surface area contributed by atoms with Crippen LogP contribution in [-0.4, -0.2) is 74.1 Å². The van der Waals surface area contributed by atoms with Gasteiger partial charge in [0.25, 0.3) is 0 Å². The Labute approximate surface area is 165 Å². The van der Waals surface area contributed by atoms with Gasteiger partial charge >= 0.3 is 0 Å². The number of likely N-dealkylation sites (tertiary alicyclic amines) is 2. The largest absolute Gasteiger partial charge is 0.383 e. The fraction of sp³-hybridized carbons (Fsp3) is 0.700. The summed E-state index contributed by atoms with van der Waals surface area (Å²) >= 11 is 1.64. The normalized spacial score (nSPS) is 22.0. The SMILES string of the molecule is COCCNC(=O)[C@@H]1CCCN(C2CCN(C(=O)Cc3ccsc3)CC2)C1. The molecular formula is C20H31N3O3S. The summed E-state index contributed by atoms with van der Waals surface area (Å²) in [5, 5.41) is 7.05. The molecular weight excluding hydrogens is 362 g/mol. The number of hydrogen-bond donors (Lipinski definition) is 1. The highest BCUT2D eigenvalue weighted by atomic mass is 32.1. The van der Waals surface area contributed by atoms with Crippen molar-refractivity contribution in [1.29, 1.82) is 0 Å². The van der Waals surface area contributed by atoms with Gasteiger partial charge in [0, 0.05) is 39.3 Å². The fourth-order valence-electron chi connectivity index (χ4n) is 4.13. The maximum absolute atomic E-state index is 12.5. The van der Waals surface area contributed by atoms with Crippen LogP contribution in [0, 0.1) is 5.92 Å². The molecule has 6 nitrogen and oxygen atoms in total. The van der Waals surface area contributed by atoms with Gasteiger partial charge in [0.2, 0.25) is 11.8 Å². The van der Waals surface area contributed by atoms with Crippen LogP contribution in [0.25, 0.3) is 0 Å². The minimum absolute atomic E-state index is 0.0776. The maximum Gasteiger partial charge on any atom is 0.227 e. The average Bonchev–Trinajstić information content (AvgIpc) is 3.21. The standard InChI is InChI=1S/C20H31N3O3S/c1-26-11-7-21-20(25)17-3-2-8-23(14-17)18-4-9-22(10-5-18)19(24)13-16-6-12-27-15-16/h6,12,15,17-18H,2-5,7-11,13-14H2,1H3,(H,21,25)/t17-/m1/s1. The van der Waals surface area contributed by atoms with Crippen molar-refractivity contribution in [2.75, 3.05) is 46.4 Å². The number of methoxy groups -OCH3 is 1. The molecule has 3 heterocycles. The predicted octanol–water partition coefficient (Wildman–Crippen LogP) is 1.76. The Morgan fingerprint density at radius 3 is 2.78 bits per heavy atom. The third-order valence-corrected chi connectivity index (χ3v) is 6.43. The highest BCUT2D eigenvalue weighted by Gasteiger charge is 2.32. The lowest BCUT2D eigenvalue weighted by Gasteiger charge is -2.42. The zero-order chi connectivity index (χ0) is 19.1. The topological polar surface area (TPSA) is 61.9 Å². The molecule has 0 saturated carbocycles. The molecule has 1 aromatic rings. The summed E-state index contributed by atoms with van der Waals surface area (Å²) in [5.41, 5.74) is 1.12. The van der Waals surface area contributed by atoms with Crippen LogP contribution in [0.5, 0.6) is 0 Å². The van der Waals surface area contributed by atoms with Gasteiger partial charge in [0.05, 0.1) is 18.9 Å². The summed E-state index contributed by atoms with van der Waals surface area (Å²) in [4.78, 5) is 29.3. The number of thiophene rings is 1. The molecule has 2 aliphatic heterocycles. The van der Waals surface area contributed by atoms with E-state index >= 15 is 0 Å². The smallest absolute Gasteiger partial charge is 0.227 e. The predicted molar refractivity (Wildman–Crippen MR) is 107 cm³/mol. The Bertz CT molecular complexity index is 600. The summed E-state index contributed by atoms with van der Waals surface area (Å²) in [7, 11) is 1.64. The molecule has 2 saturated heterocycles. The van der Waals surface area contributed by atoms with Gasteiger partial charge in [-0.2, -0.15) is 11.3 Å². The second-order valence-electron chi connectivity index (χ2n) is 7.54. The summed E-state index contributed by atoms with van der Waals surface area (Å²) in [5.74, 6) is 0.467. The summed E-state index contributed by atoms with van der Waals surface area (Å²) < 4.78 is 5.00. The van der Waals surface area contributed by atoms with Crippen molar-refractivity contribution in [2.45, 2.75) is 38.1 Å². The minimum atomic E-state index is 0.0776. The second-order valence-corrected chi connectivity index (χ2v) is 8.32. The first-order chi connectivity index (χ1) is 13.2. The lowest BCUT2D eigenvalue weighted by Crippen LogP contribution is -2.51. The van der Waals surface area contributed by atoms with E-state index in [4.69, 9.17) is 4.74 Å². The Kier molecular flexibility index (Phi) is 7.67. The molecule has 1 N–H and O–H groups in total. The van der Waals surface area contributed by atoms with Crippen molar-refractivity contribution < 1.29 is 14.3 Å². The fourth-order valence-corrected chi connectivity index (χ4v) is 4.80. The van der Waals surface area contributed by atoms with E-state index in [-0.39, 0.29) is 17.7 Å². The van der Waals surface area contributed by atoms with E-state index in [1.807, 2.05) is 16.3 Å². The first kappa shape index (κ1) is 20.3. The van der Waals surface area contributed by atoms with Crippen LogP contribution in [0.4, 0.5) is 0 Å². The number of amides is 2. The number of ether oxygens (including phenoxy) is 1. The molecule has 27 heavy (non-hydrogen) atoms. The summed E-state index contributed by atoms with van der Waals surface area (Å²) in [6, 6.07) is 2.52. The van der Waals surface area contributed by atoms with E-state index in [2.05, 4.69) is 15.6 Å². The molecule has 0 spiro atoms. The van der Waals surface area contributed by atoms with E-state index in [9.17, 15) is 9.59 Å². The molecule has 1 atom stereocenters. The van der Waals surface area contributed by atoms with Gasteiger partial charge in [-0.1, -0.05) is 0 Å². The van der Waals surface area contributed by atoms with Gasteiger partial charge in [-0.15, -0.1) is 0 Å². The molecule has 2 aliphatic rings. The van der Waals surface area contributed by atoms with Gasteiger partial charge in [0.15, 0.2) is 0 Å². The molecule has 150 valence electrons. The lowest BCUT2D eigenvalue weighted by atomic mass is 9.93. The molecule has 7 heteroatoms. The van der Waals surface area contributed by atoms with Gasteiger partial charge < -0.3 is 15.0 Å². The highest BCUT2D eigenvalue weighted by molar-refractivity contribution is 7.08. The number of carbonyl (C=O) groups excluding carboxylic acids is 2. The van der Waals surface area contributed by atoms with E-state index < -0.39 is 0 Å². The monoisotopic (exact) mass is 393 g/mol. The third kappa shape index (κ3) is 5.77. The van der Waals surface area contributed by atoms with Crippen molar-refractivity contribution in [3.63, 3.8) is 0 Å². The third-order valence-electron chi connectivity index (χ3n) is 5.70. The molecule has 0 aliphatic carbocycles. The first-order valence-corrected chi connectivity index (χ1v) is 10.9. The zero-order valence-corrected chi connectivity index (χ0v) is 17.0. The summed E-state index contributed by atoms with van der Waals surface area (Å²) in [6.07, 6.45) is 4.56. The van der Waals surface area contributed by atoms with Crippen LogP contribution in [0.1, 0.15) is 31.2 Å². The molecule has 0 radical (unpaired) electrons. The van der Waals surface area contributed by atoms with Gasteiger partial charge in [0.1, 0.15) is 0 Å². The molecule has 0 bridgehead atoms. The van der Waals surface area contributed by atoms with Crippen LogP contribution < -0.4 is 5.32 Å². The van der Waals surface area contributed by atoms with Crippen molar-refractivity contribution >= 4 is 23.2 Å². The zero-order valence-electron chi connectivity index (χ0n) is 16.2. The van der Waals surface area contributed by atoms with Gasteiger partial charge in [-0.25, -0.2) is 0 Å². The number of carbonyl (C=O) groups is 2. The van der Waals surface area contributed by atoms with Crippen LogP contribution in [-0.2, 0) is 20.7 Å².